The summed E-state index contributed by atoms with van der Waals surface area (Å²) in [4.78, 5) is 11.8. The molecule has 19 heavy (non-hydrogen) atoms. The minimum atomic E-state index is -0.320. The molecule has 4 fully saturated rings. The van der Waals surface area contributed by atoms with Crippen LogP contribution in [0.1, 0.15) is 51.9 Å². The van der Waals surface area contributed by atoms with Crippen LogP contribution in [0.5, 0.6) is 0 Å². The van der Waals surface area contributed by atoms with E-state index in [0.29, 0.717) is 5.41 Å². The average Bonchev–Trinajstić information content (AvgIpc) is 2.33. The second-order valence-electron chi connectivity index (χ2n) is 7.15. The number of nitrogens with two attached hydrogens (primary N) is 1. The van der Waals surface area contributed by atoms with Crippen LogP contribution in [0.2, 0.25) is 0 Å². The van der Waals surface area contributed by atoms with Gasteiger partial charge in [0.1, 0.15) is 0 Å². The van der Waals surface area contributed by atoms with Gasteiger partial charge in [0.15, 0.2) is 0 Å². The third-order valence-corrected chi connectivity index (χ3v) is 5.58. The lowest BCUT2D eigenvalue weighted by Crippen LogP contribution is -2.52. The van der Waals surface area contributed by atoms with E-state index in [1.807, 2.05) is 6.92 Å². The molecule has 4 aliphatic rings. The first kappa shape index (κ1) is 15.1. The lowest BCUT2D eigenvalue weighted by molar-refractivity contribution is -0.124. The van der Waals surface area contributed by atoms with Gasteiger partial charge in [0.05, 0.1) is 6.04 Å². The highest BCUT2D eigenvalue weighted by atomic mass is 35.5. The molecular weight excluding hydrogens is 260 g/mol. The van der Waals surface area contributed by atoms with Gasteiger partial charge < -0.3 is 11.1 Å². The normalized spacial score (nSPS) is 40.6. The van der Waals surface area contributed by atoms with Crippen LogP contribution in [-0.2, 0) is 4.79 Å². The Morgan fingerprint density at radius 2 is 1.68 bits per heavy atom. The quantitative estimate of drug-likeness (QED) is 0.834. The lowest BCUT2D eigenvalue weighted by atomic mass is 9.49. The van der Waals surface area contributed by atoms with Crippen LogP contribution < -0.4 is 11.1 Å². The van der Waals surface area contributed by atoms with Gasteiger partial charge in [0, 0.05) is 6.54 Å². The van der Waals surface area contributed by atoms with Gasteiger partial charge in [-0.25, -0.2) is 0 Å². The van der Waals surface area contributed by atoms with Crippen molar-refractivity contribution in [3.8, 4) is 0 Å². The molecule has 4 heteroatoms. The second-order valence-corrected chi connectivity index (χ2v) is 7.15. The highest BCUT2D eigenvalue weighted by Gasteiger charge is 2.50. The molecule has 3 N–H and O–H groups in total. The van der Waals surface area contributed by atoms with Crippen LogP contribution in [0.3, 0.4) is 0 Å². The first-order chi connectivity index (χ1) is 8.60. The number of nitrogens with one attached hydrogen (secondary N) is 1. The highest BCUT2D eigenvalue weighted by molar-refractivity contribution is 5.85. The molecular formula is C15H27ClN2O. The maximum atomic E-state index is 11.8. The maximum absolute atomic E-state index is 11.8. The van der Waals surface area contributed by atoms with Gasteiger partial charge in [-0.1, -0.05) is 6.92 Å². The predicted molar refractivity (Wildman–Crippen MR) is 79.1 cm³/mol. The van der Waals surface area contributed by atoms with Gasteiger partial charge >= 0.3 is 0 Å². The molecule has 4 saturated carbocycles. The van der Waals surface area contributed by atoms with Gasteiger partial charge in [0.2, 0.25) is 5.91 Å². The molecule has 0 spiro atoms. The number of hydrogen-bond donors (Lipinski definition) is 2. The van der Waals surface area contributed by atoms with Crippen molar-refractivity contribution in [2.24, 2.45) is 28.9 Å². The van der Waals surface area contributed by atoms with Crippen molar-refractivity contribution in [2.45, 2.75) is 57.9 Å². The Morgan fingerprint density at radius 1 is 1.21 bits per heavy atom. The van der Waals surface area contributed by atoms with E-state index in [1.54, 1.807) is 0 Å². The Bertz CT molecular complexity index is 310. The molecule has 0 aliphatic heterocycles. The molecule has 3 nitrogen and oxygen atoms in total. The number of carbonyl (C=O) groups excluding carboxylic acids is 1. The summed E-state index contributed by atoms with van der Waals surface area (Å²) >= 11 is 0. The third kappa shape index (κ3) is 2.92. The predicted octanol–water partition coefficient (Wildman–Crippen LogP) is 2.48. The summed E-state index contributed by atoms with van der Waals surface area (Å²) in [5.41, 5.74) is 6.21. The van der Waals surface area contributed by atoms with Crippen molar-refractivity contribution in [1.82, 2.24) is 5.32 Å². The van der Waals surface area contributed by atoms with Crippen molar-refractivity contribution < 1.29 is 4.79 Å². The van der Waals surface area contributed by atoms with Crippen LogP contribution >= 0.6 is 12.4 Å². The van der Waals surface area contributed by atoms with E-state index in [9.17, 15) is 4.79 Å². The molecule has 0 aromatic heterocycles. The monoisotopic (exact) mass is 286 g/mol. The first-order valence-corrected chi connectivity index (χ1v) is 7.63. The molecule has 0 aromatic rings. The fraction of sp³-hybridized carbons (Fsp3) is 0.933. The maximum Gasteiger partial charge on any atom is 0.236 e. The van der Waals surface area contributed by atoms with Crippen LogP contribution in [-0.4, -0.2) is 18.5 Å². The Kier molecular flexibility index (Phi) is 4.46. The molecule has 4 bridgehead atoms. The van der Waals surface area contributed by atoms with E-state index >= 15 is 0 Å². The highest BCUT2D eigenvalue weighted by Crippen LogP contribution is 2.59. The Morgan fingerprint density at radius 3 is 2.11 bits per heavy atom. The van der Waals surface area contributed by atoms with Crippen LogP contribution in [0, 0.1) is 23.2 Å². The average molecular weight is 287 g/mol. The van der Waals surface area contributed by atoms with Crippen molar-refractivity contribution in [3.63, 3.8) is 0 Å². The minimum Gasteiger partial charge on any atom is -0.354 e. The number of halogens is 1. The Labute approximate surface area is 122 Å². The van der Waals surface area contributed by atoms with Crippen LogP contribution in [0.25, 0.3) is 0 Å². The van der Waals surface area contributed by atoms with E-state index in [-0.39, 0.29) is 24.4 Å². The molecule has 4 aliphatic carbocycles. The largest absolute Gasteiger partial charge is 0.354 e. The number of amides is 1. The van der Waals surface area contributed by atoms with Crippen molar-refractivity contribution in [3.05, 3.63) is 0 Å². The summed E-state index contributed by atoms with van der Waals surface area (Å²) in [7, 11) is 0. The fourth-order valence-electron chi connectivity index (χ4n) is 5.10. The zero-order chi connectivity index (χ0) is 12.8. The topological polar surface area (TPSA) is 55.1 Å². The van der Waals surface area contributed by atoms with Crippen molar-refractivity contribution in [2.75, 3.05) is 6.54 Å². The van der Waals surface area contributed by atoms with E-state index in [4.69, 9.17) is 5.73 Å². The molecule has 1 atom stereocenters. The second kappa shape index (κ2) is 5.61. The van der Waals surface area contributed by atoms with Crippen LogP contribution in [0.15, 0.2) is 0 Å². The van der Waals surface area contributed by atoms with E-state index in [0.717, 1.165) is 30.7 Å². The molecule has 0 unspecified atom stereocenters. The summed E-state index contributed by atoms with van der Waals surface area (Å²) in [6, 6.07) is -0.320. The van der Waals surface area contributed by atoms with Gasteiger partial charge in [-0.15, -0.1) is 12.4 Å². The van der Waals surface area contributed by atoms with Crippen molar-refractivity contribution >= 4 is 18.3 Å². The van der Waals surface area contributed by atoms with E-state index in [1.165, 1.54) is 38.5 Å². The van der Waals surface area contributed by atoms with Gasteiger partial charge in [0.25, 0.3) is 0 Å². The number of rotatable bonds is 4. The first-order valence-electron chi connectivity index (χ1n) is 7.63. The van der Waals surface area contributed by atoms with E-state index < -0.39 is 0 Å². The molecule has 1 amide bonds. The van der Waals surface area contributed by atoms with Gasteiger partial charge in [-0.05, 0) is 68.1 Å². The summed E-state index contributed by atoms with van der Waals surface area (Å²) in [5.74, 6) is 2.90. The molecule has 0 heterocycles. The summed E-state index contributed by atoms with van der Waals surface area (Å²) in [6.07, 6.45) is 9.15. The van der Waals surface area contributed by atoms with Crippen LogP contribution in [0.4, 0.5) is 0 Å². The molecule has 0 aromatic carbocycles. The van der Waals surface area contributed by atoms with Gasteiger partial charge in [-0.2, -0.15) is 0 Å². The van der Waals surface area contributed by atoms with Gasteiger partial charge in [-0.3, -0.25) is 4.79 Å². The number of hydrogen-bond acceptors (Lipinski definition) is 2. The fourth-order valence-corrected chi connectivity index (χ4v) is 5.10. The standard InChI is InChI=1S/C15H26N2O.ClH/c1-2-13(16)14(18)17-9-15-6-10-3-11(7-15)5-12(4-10)8-15;/h10-13H,2-9,16H2,1H3,(H,17,18);1H/t10?,11?,12?,13-,15?;/m0./s1. The Balaban J connectivity index is 0.00000133. The molecule has 110 valence electrons. The Hall–Kier alpha value is -0.280. The molecule has 0 radical (unpaired) electrons. The summed E-state index contributed by atoms with van der Waals surface area (Å²) in [6.45, 7) is 2.85. The summed E-state index contributed by atoms with van der Waals surface area (Å²) in [5, 5.41) is 3.13. The zero-order valence-electron chi connectivity index (χ0n) is 11.9. The summed E-state index contributed by atoms with van der Waals surface area (Å²) < 4.78 is 0. The molecule has 0 saturated heterocycles. The van der Waals surface area contributed by atoms with E-state index in [2.05, 4.69) is 5.32 Å². The number of carbonyl (C=O) groups is 1. The van der Waals surface area contributed by atoms with Crippen molar-refractivity contribution in [1.29, 1.82) is 0 Å². The minimum absolute atomic E-state index is 0. The SMILES string of the molecule is CC[C@H](N)C(=O)NCC12CC3CC(CC(C3)C1)C2.Cl. The smallest absolute Gasteiger partial charge is 0.236 e. The zero-order valence-corrected chi connectivity index (χ0v) is 12.7. The lowest BCUT2D eigenvalue weighted by Gasteiger charge is -2.57. The molecule has 4 rings (SSSR count). The third-order valence-electron chi connectivity index (χ3n) is 5.58.